The minimum Gasteiger partial charge on any atom is -0.496 e. The van der Waals surface area contributed by atoms with Crippen LogP contribution >= 0.6 is 0 Å². The minimum absolute atomic E-state index is 0.186. The van der Waals surface area contributed by atoms with Gasteiger partial charge in [0.05, 0.1) is 24.7 Å². The average molecular weight is 298 g/mol. The van der Waals surface area contributed by atoms with Gasteiger partial charge in [0.2, 0.25) is 5.91 Å². The fourth-order valence-electron chi connectivity index (χ4n) is 2.12. The van der Waals surface area contributed by atoms with E-state index in [1.165, 1.54) is 6.92 Å². The number of nitrogens with one attached hydrogen (secondary N) is 3. The van der Waals surface area contributed by atoms with E-state index in [1.807, 2.05) is 18.2 Å². The molecule has 3 N–H and O–H groups in total. The highest BCUT2D eigenvalue weighted by Crippen LogP contribution is 2.25. The first-order valence-electron chi connectivity index (χ1n) is 6.74. The summed E-state index contributed by atoms with van der Waals surface area (Å²) in [5, 5.41) is 14.1. The molecule has 1 aromatic heterocycles. The first kappa shape index (κ1) is 15.5. The summed E-state index contributed by atoms with van der Waals surface area (Å²) in [6.45, 7) is 1.43. The van der Waals surface area contributed by atoms with Gasteiger partial charge in [0.1, 0.15) is 11.6 Å². The van der Waals surface area contributed by atoms with Crippen LogP contribution in [0.5, 0.6) is 5.75 Å². The Morgan fingerprint density at radius 2 is 2.00 bits per heavy atom. The molecule has 0 aliphatic heterocycles. The monoisotopic (exact) mass is 298 g/mol. The highest BCUT2D eigenvalue weighted by Gasteiger charge is 2.15. The molecule has 0 aliphatic rings. The van der Waals surface area contributed by atoms with Crippen LogP contribution in [0.25, 0.3) is 0 Å². The normalized spacial score (nSPS) is 9.95. The Kier molecular flexibility index (Phi) is 4.73. The molecule has 0 atom stereocenters. The molecule has 22 heavy (non-hydrogen) atoms. The van der Waals surface area contributed by atoms with Crippen LogP contribution in [0.2, 0.25) is 0 Å². The van der Waals surface area contributed by atoms with Gasteiger partial charge >= 0.3 is 0 Å². The maximum atomic E-state index is 11.2. The number of methoxy groups -OCH3 is 1. The number of aromatic nitrogens is 1. The molecular weight excluding hydrogens is 280 g/mol. The molecule has 0 radical (unpaired) electrons. The van der Waals surface area contributed by atoms with Crippen molar-refractivity contribution in [2.24, 2.45) is 0 Å². The zero-order valence-electron chi connectivity index (χ0n) is 12.7. The van der Waals surface area contributed by atoms with E-state index in [4.69, 9.17) is 10.1 Å². The summed E-state index contributed by atoms with van der Waals surface area (Å²) < 4.78 is 5.30. The lowest BCUT2D eigenvalue weighted by atomic mass is 10.0. The number of pyridine rings is 1. The third kappa shape index (κ3) is 3.22. The predicted molar refractivity (Wildman–Crippen MR) is 87.0 cm³/mol. The molecule has 0 unspecified atom stereocenters. The summed E-state index contributed by atoms with van der Waals surface area (Å²) in [6, 6.07) is 9.02. The SMILES string of the molecule is CNc1ncc(NC(C)=O)cc1C(=N)c1ccccc1OC. The van der Waals surface area contributed by atoms with E-state index in [2.05, 4.69) is 15.6 Å². The number of hydrogen-bond donors (Lipinski definition) is 3. The molecule has 6 nitrogen and oxygen atoms in total. The zero-order chi connectivity index (χ0) is 16.1. The van der Waals surface area contributed by atoms with Gasteiger partial charge in [-0.2, -0.15) is 0 Å². The highest BCUT2D eigenvalue weighted by atomic mass is 16.5. The lowest BCUT2D eigenvalue weighted by molar-refractivity contribution is -0.114. The van der Waals surface area contributed by atoms with E-state index in [1.54, 1.807) is 32.5 Å². The number of para-hydroxylation sites is 1. The highest BCUT2D eigenvalue weighted by molar-refractivity contribution is 6.15. The van der Waals surface area contributed by atoms with Crippen LogP contribution in [0, 0.1) is 5.41 Å². The van der Waals surface area contributed by atoms with Gasteiger partial charge in [-0.1, -0.05) is 12.1 Å². The van der Waals surface area contributed by atoms with Crippen LogP contribution in [0.1, 0.15) is 18.1 Å². The van der Waals surface area contributed by atoms with Gasteiger partial charge in [-0.25, -0.2) is 4.98 Å². The Morgan fingerprint density at radius 3 is 2.64 bits per heavy atom. The third-order valence-corrected chi connectivity index (χ3v) is 3.09. The Hall–Kier alpha value is -2.89. The van der Waals surface area contributed by atoms with Gasteiger partial charge in [0.15, 0.2) is 0 Å². The van der Waals surface area contributed by atoms with E-state index < -0.39 is 0 Å². The second-order valence-electron chi connectivity index (χ2n) is 4.63. The number of ether oxygens (including phenoxy) is 1. The molecule has 0 bridgehead atoms. The molecular formula is C16H18N4O2. The second kappa shape index (κ2) is 6.71. The van der Waals surface area contributed by atoms with E-state index in [0.717, 1.165) is 0 Å². The molecule has 1 aromatic carbocycles. The molecule has 1 amide bonds. The number of carbonyl (C=O) groups is 1. The summed E-state index contributed by atoms with van der Waals surface area (Å²) in [5.74, 6) is 0.985. The molecule has 0 fully saturated rings. The molecule has 6 heteroatoms. The Balaban J connectivity index is 2.49. The van der Waals surface area contributed by atoms with Crippen LogP contribution in [-0.2, 0) is 4.79 Å². The van der Waals surface area contributed by atoms with Crippen molar-refractivity contribution in [1.29, 1.82) is 5.41 Å². The van der Waals surface area contributed by atoms with Crippen LogP contribution < -0.4 is 15.4 Å². The minimum atomic E-state index is -0.186. The van der Waals surface area contributed by atoms with Crippen LogP contribution in [0.4, 0.5) is 11.5 Å². The van der Waals surface area contributed by atoms with Gasteiger partial charge < -0.3 is 15.4 Å². The van der Waals surface area contributed by atoms with Gasteiger partial charge in [0.25, 0.3) is 0 Å². The van der Waals surface area contributed by atoms with Gasteiger partial charge in [-0.3, -0.25) is 10.2 Å². The molecule has 0 saturated heterocycles. The molecule has 1 heterocycles. The lowest BCUT2D eigenvalue weighted by Crippen LogP contribution is -2.12. The summed E-state index contributed by atoms with van der Waals surface area (Å²) >= 11 is 0. The number of carbonyl (C=O) groups excluding carboxylic acids is 1. The van der Waals surface area contributed by atoms with Crippen molar-refractivity contribution in [3.63, 3.8) is 0 Å². The second-order valence-corrected chi connectivity index (χ2v) is 4.63. The first-order chi connectivity index (χ1) is 10.6. The van der Waals surface area contributed by atoms with Crippen molar-refractivity contribution >= 4 is 23.1 Å². The Bertz CT molecular complexity index is 713. The number of amides is 1. The van der Waals surface area contributed by atoms with Crippen LogP contribution in [0.15, 0.2) is 36.5 Å². The topological polar surface area (TPSA) is 87.1 Å². The number of benzene rings is 1. The van der Waals surface area contributed by atoms with Crippen LogP contribution in [-0.4, -0.2) is 30.8 Å². The molecule has 2 rings (SSSR count). The van der Waals surface area contributed by atoms with E-state index in [0.29, 0.717) is 28.4 Å². The quantitative estimate of drug-likeness (QED) is 0.740. The number of nitrogens with zero attached hydrogens (tertiary/aromatic N) is 1. The van der Waals surface area contributed by atoms with Crippen molar-refractivity contribution in [3.05, 3.63) is 47.7 Å². The molecule has 0 spiro atoms. The van der Waals surface area contributed by atoms with Crippen molar-refractivity contribution in [2.75, 3.05) is 24.8 Å². The number of anilines is 2. The number of hydrogen-bond acceptors (Lipinski definition) is 5. The lowest BCUT2D eigenvalue weighted by Gasteiger charge is -2.14. The average Bonchev–Trinajstić information content (AvgIpc) is 2.53. The summed E-state index contributed by atoms with van der Waals surface area (Å²) in [5.41, 5.74) is 2.05. The fourth-order valence-corrected chi connectivity index (χ4v) is 2.12. The molecule has 0 aliphatic carbocycles. The maximum absolute atomic E-state index is 11.2. The summed E-state index contributed by atoms with van der Waals surface area (Å²) in [7, 11) is 3.30. The molecule has 2 aromatic rings. The van der Waals surface area contributed by atoms with Crippen molar-refractivity contribution in [3.8, 4) is 5.75 Å². The standard InChI is InChI=1S/C16H18N4O2/c1-10(21)20-11-8-13(16(18-2)19-9-11)15(17)12-6-4-5-7-14(12)22-3/h4-9,17H,1-3H3,(H,18,19)(H,20,21). The Morgan fingerprint density at radius 1 is 1.27 bits per heavy atom. The maximum Gasteiger partial charge on any atom is 0.221 e. The summed E-state index contributed by atoms with van der Waals surface area (Å²) in [6.07, 6.45) is 1.55. The van der Waals surface area contributed by atoms with Crippen molar-refractivity contribution in [1.82, 2.24) is 4.98 Å². The first-order valence-corrected chi connectivity index (χ1v) is 6.74. The van der Waals surface area contributed by atoms with E-state index >= 15 is 0 Å². The molecule has 114 valence electrons. The third-order valence-electron chi connectivity index (χ3n) is 3.09. The fraction of sp³-hybridized carbons (Fsp3) is 0.188. The van der Waals surface area contributed by atoms with Crippen molar-refractivity contribution in [2.45, 2.75) is 6.92 Å². The molecule has 0 saturated carbocycles. The van der Waals surface area contributed by atoms with Gasteiger partial charge in [0, 0.05) is 25.1 Å². The predicted octanol–water partition coefficient (Wildman–Crippen LogP) is 2.51. The van der Waals surface area contributed by atoms with Gasteiger partial charge in [-0.15, -0.1) is 0 Å². The van der Waals surface area contributed by atoms with E-state index in [-0.39, 0.29) is 11.6 Å². The largest absolute Gasteiger partial charge is 0.496 e. The smallest absolute Gasteiger partial charge is 0.221 e. The Labute approximate surface area is 129 Å². The summed E-state index contributed by atoms with van der Waals surface area (Å²) in [4.78, 5) is 15.4. The van der Waals surface area contributed by atoms with Crippen molar-refractivity contribution < 1.29 is 9.53 Å². The van der Waals surface area contributed by atoms with Gasteiger partial charge in [-0.05, 0) is 18.2 Å². The van der Waals surface area contributed by atoms with E-state index in [9.17, 15) is 4.79 Å². The van der Waals surface area contributed by atoms with Crippen LogP contribution in [0.3, 0.4) is 0 Å². The number of rotatable bonds is 5. The zero-order valence-corrected chi connectivity index (χ0v) is 12.7.